The number of fused-ring (bicyclic) bond motifs is 1. The molecule has 0 saturated heterocycles. The molecule has 0 fully saturated rings. The summed E-state index contributed by atoms with van der Waals surface area (Å²) in [7, 11) is 0. The molecule has 2 amide bonds. The van der Waals surface area contributed by atoms with E-state index in [9.17, 15) is 9.59 Å². The van der Waals surface area contributed by atoms with E-state index >= 15 is 0 Å². The molecular formula is C24H23N3O3S. The summed E-state index contributed by atoms with van der Waals surface area (Å²) in [5, 5.41) is 3.43. The van der Waals surface area contributed by atoms with Gasteiger partial charge in [-0.15, -0.1) is 0 Å². The number of rotatable bonds is 7. The van der Waals surface area contributed by atoms with Crippen molar-refractivity contribution in [3.8, 4) is 0 Å². The molecule has 0 bridgehead atoms. The Morgan fingerprint density at radius 1 is 1.06 bits per heavy atom. The largest absolute Gasteiger partial charge is 0.459 e. The van der Waals surface area contributed by atoms with Gasteiger partial charge in [0.05, 0.1) is 22.2 Å². The van der Waals surface area contributed by atoms with E-state index in [1.165, 1.54) is 17.6 Å². The minimum atomic E-state index is -0.283. The molecule has 0 aliphatic carbocycles. The van der Waals surface area contributed by atoms with Gasteiger partial charge in [-0.25, -0.2) is 4.98 Å². The average molecular weight is 434 g/mol. The average Bonchev–Trinajstić information content (AvgIpc) is 3.40. The Labute approximate surface area is 184 Å². The molecule has 7 heteroatoms. The van der Waals surface area contributed by atoms with Gasteiger partial charge in [-0.2, -0.15) is 0 Å². The van der Waals surface area contributed by atoms with Crippen molar-refractivity contribution in [3.05, 3.63) is 77.7 Å². The van der Waals surface area contributed by atoms with Gasteiger partial charge in [0, 0.05) is 13.0 Å². The molecule has 0 atom stereocenters. The lowest BCUT2D eigenvalue weighted by atomic mass is 10.1. The zero-order valence-electron chi connectivity index (χ0n) is 17.4. The molecule has 31 heavy (non-hydrogen) atoms. The molecule has 0 spiro atoms. The van der Waals surface area contributed by atoms with Crippen molar-refractivity contribution in [2.24, 2.45) is 0 Å². The quantitative estimate of drug-likeness (QED) is 0.397. The summed E-state index contributed by atoms with van der Waals surface area (Å²) in [5.41, 5.74) is 3.84. The fourth-order valence-corrected chi connectivity index (χ4v) is 4.45. The van der Waals surface area contributed by atoms with Gasteiger partial charge < -0.3 is 9.73 Å². The fourth-order valence-electron chi connectivity index (χ4n) is 3.44. The minimum absolute atomic E-state index is 0.0590. The first-order valence-corrected chi connectivity index (χ1v) is 10.9. The molecule has 2 aromatic heterocycles. The third kappa shape index (κ3) is 4.83. The van der Waals surface area contributed by atoms with E-state index in [4.69, 9.17) is 9.40 Å². The fraction of sp³-hybridized carbons (Fsp3) is 0.208. The highest BCUT2D eigenvalue weighted by Crippen LogP contribution is 2.34. The molecular weight excluding hydrogens is 410 g/mol. The molecule has 0 unspecified atom stereocenters. The van der Waals surface area contributed by atoms with Crippen molar-refractivity contribution in [2.45, 2.75) is 26.7 Å². The van der Waals surface area contributed by atoms with Crippen molar-refractivity contribution in [2.75, 3.05) is 11.4 Å². The van der Waals surface area contributed by atoms with E-state index < -0.39 is 0 Å². The van der Waals surface area contributed by atoms with Crippen molar-refractivity contribution >= 4 is 44.2 Å². The van der Waals surface area contributed by atoms with Crippen LogP contribution in [0.15, 0.2) is 65.3 Å². The molecule has 6 nitrogen and oxygen atoms in total. The summed E-state index contributed by atoms with van der Waals surface area (Å²) >= 11 is 1.49. The Balaban J connectivity index is 1.52. The number of aromatic nitrogens is 1. The van der Waals surface area contributed by atoms with E-state index in [2.05, 4.69) is 11.4 Å². The lowest BCUT2D eigenvalue weighted by Crippen LogP contribution is -2.28. The molecule has 2 aromatic carbocycles. The van der Waals surface area contributed by atoms with Gasteiger partial charge >= 0.3 is 0 Å². The van der Waals surface area contributed by atoms with Gasteiger partial charge in [0.1, 0.15) is 0 Å². The molecule has 4 rings (SSSR count). The second-order valence-electron chi connectivity index (χ2n) is 7.38. The topological polar surface area (TPSA) is 75.4 Å². The van der Waals surface area contributed by atoms with E-state index in [1.54, 1.807) is 17.0 Å². The van der Waals surface area contributed by atoms with Crippen LogP contribution >= 0.6 is 11.3 Å². The van der Waals surface area contributed by atoms with E-state index in [0.29, 0.717) is 18.1 Å². The van der Waals surface area contributed by atoms with Gasteiger partial charge in [-0.1, -0.05) is 29.5 Å². The summed E-state index contributed by atoms with van der Waals surface area (Å²) in [6, 6.07) is 17.2. The Kier molecular flexibility index (Phi) is 6.13. The number of furan rings is 1. The highest BCUT2D eigenvalue weighted by atomic mass is 32.1. The molecule has 0 saturated carbocycles. The molecule has 4 aromatic rings. The van der Waals surface area contributed by atoms with Crippen LogP contribution in [0.2, 0.25) is 0 Å². The molecule has 1 N–H and O–H groups in total. The monoisotopic (exact) mass is 433 g/mol. The maximum Gasteiger partial charge on any atom is 0.286 e. The van der Waals surface area contributed by atoms with Crippen LogP contribution < -0.4 is 10.2 Å². The summed E-state index contributed by atoms with van der Waals surface area (Å²) in [4.78, 5) is 31.7. The summed E-state index contributed by atoms with van der Waals surface area (Å²) in [5.74, 6) is -0.0799. The normalized spacial score (nSPS) is 10.9. The van der Waals surface area contributed by atoms with Crippen LogP contribution in [0.1, 0.15) is 34.5 Å². The van der Waals surface area contributed by atoms with Crippen molar-refractivity contribution < 1.29 is 14.0 Å². The van der Waals surface area contributed by atoms with Crippen LogP contribution in [-0.4, -0.2) is 23.3 Å². The highest BCUT2D eigenvalue weighted by molar-refractivity contribution is 7.22. The second-order valence-corrected chi connectivity index (χ2v) is 8.39. The van der Waals surface area contributed by atoms with Crippen LogP contribution in [0.5, 0.6) is 0 Å². The number of benzene rings is 2. The van der Waals surface area contributed by atoms with Crippen LogP contribution in [0.3, 0.4) is 0 Å². The number of anilines is 2. The lowest BCUT2D eigenvalue weighted by molar-refractivity contribution is -0.118. The Bertz CT molecular complexity index is 1160. The van der Waals surface area contributed by atoms with Crippen LogP contribution in [0.4, 0.5) is 10.8 Å². The Hall–Kier alpha value is -3.45. The van der Waals surface area contributed by atoms with E-state index in [1.807, 2.05) is 50.2 Å². The van der Waals surface area contributed by atoms with Crippen molar-refractivity contribution in [3.63, 3.8) is 0 Å². The maximum atomic E-state index is 13.3. The van der Waals surface area contributed by atoms with Crippen LogP contribution in [0.25, 0.3) is 10.2 Å². The summed E-state index contributed by atoms with van der Waals surface area (Å²) < 4.78 is 6.12. The first-order valence-electron chi connectivity index (χ1n) is 10.1. The Morgan fingerprint density at radius 2 is 1.84 bits per heavy atom. The number of nitrogens with zero attached hydrogens (tertiary/aromatic N) is 2. The summed E-state index contributed by atoms with van der Waals surface area (Å²) in [6.45, 7) is 4.41. The minimum Gasteiger partial charge on any atom is -0.459 e. The zero-order chi connectivity index (χ0) is 21.8. The number of aryl methyl sites for hydroxylation is 2. The molecule has 158 valence electrons. The van der Waals surface area contributed by atoms with Gasteiger partial charge in [0.2, 0.25) is 5.91 Å². The number of carbonyl (C=O) groups is 2. The van der Waals surface area contributed by atoms with Crippen LogP contribution in [0, 0.1) is 13.8 Å². The number of hydrogen-bond donors (Lipinski definition) is 1. The van der Waals surface area contributed by atoms with Gasteiger partial charge in [-0.3, -0.25) is 14.5 Å². The SMILES string of the molecule is Cc1cc(C)cc(N(C(=O)CCCNC(=O)c2ccco2)c2nc3ccccc3s2)c1. The maximum absolute atomic E-state index is 13.3. The zero-order valence-corrected chi connectivity index (χ0v) is 18.2. The van der Waals surface area contributed by atoms with Gasteiger partial charge in [-0.05, 0) is 67.8 Å². The molecule has 0 radical (unpaired) electrons. The third-order valence-corrected chi connectivity index (χ3v) is 5.81. The van der Waals surface area contributed by atoms with E-state index in [-0.39, 0.29) is 24.0 Å². The summed E-state index contributed by atoms with van der Waals surface area (Å²) in [6.07, 6.45) is 2.25. The first kappa shape index (κ1) is 20.8. The predicted octanol–water partition coefficient (Wildman–Crippen LogP) is 5.38. The van der Waals surface area contributed by atoms with Crippen molar-refractivity contribution in [1.29, 1.82) is 0 Å². The number of carbonyl (C=O) groups excluding carboxylic acids is 2. The Morgan fingerprint density at radius 3 is 2.55 bits per heavy atom. The number of thiazole rings is 1. The smallest absolute Gasteiger partial charge is 0.286 e. The van der Waals surface area contributed by atoms with E-state index in [0.717, 1.165) is 27.0 Å². The van der Waals surface area contributed by atoms with Crippen LogP contribution in [-0.2, 0) is 4.79 Å². The molecule has 0 aliphatic heterocycles. The number of amides is 2. The standard InChI is InChI=1S/C24H23N3O3S/c1-16-13-17(2)15-18(14-16)27(24-26-19-7-3-4-9-21(19)31-24)22(28)10-5-11-25-23(29)20-8-6-12-30-20/h3-4,6-9,12-15H,5,10-11H2,1-2H3,(H,25,29). The highest BCUT2D eigenvalue weighted by Gasteiger charge is 2.22. The second kappa shape index (κ2) is 9.14. The lowest BCUT2D eigenvalue weighted by Gasteiger charge is -2.21. The third-order valence-electron chi connectivity index (χ3n) is 4.79. The number of nitrogens with one attached hydrogen (secondary N) is 1. The number of hydrogen-bond acceptors (Lipinski definition) is 5. The van der Waals surface area contributed by atoms with Crippen molar-refractivity contribution in [1.82, 2.24) is 10.3 Å². The first-order chi connectivity index (χ1) is 15.0. The van der Waals surface area contributed by atoms with Gasteiger partial charge in [0.15, 0.2) is 10.9 Å². The molecule has 2 heterocycles. The predicted molar refractivity (Wildman–Crippen MR) is 123 cm³/mol. The molecule has 0 aliphatic rings. The number of para-hydroxylation sites is 1. The van der Waals surface area contributed by atoms with Gasteiger partial charge in [0.25, 0.3) is 5.91 Å².